The summed E-state index contributed by atoms with van der Waals surface area (Å²) in [6.45, 7) is 6.20. The molecule has 0 spiro atoms. The summed E-state index contributed by atoms with van der Waals surface area (Å²) in [5, 5.41) is 9.62. The molecule has 0 bridgehead atoms. The molecule has 0 aromatic heterocycles. The lowest BCUT2D eigenvalue weighted by molar-refractivity contribution is -0.116. The first-order valence-electron chi connectivity index (χ1n) is 10.1. The third kappa shape index (κ3) is 5.50. The molecule has 0 saturated heterocycles. The first-order chi connectivity index (χ1) is 14.1. The van der Waals surface area contributed by atoms with Crippen LogP contribution in [0.5, 0.6) is 5.75 Å². The van der Waals surface area contributed by atoms with Gasteiger partial charge in [-0.25, -0.2) is 0 Å². The fourth-order valence-electron chi connectivity index (χ4n) is 3.55. The summed E-state index contributed by atoms with van der Waals surface area (Å²) in [6, 6.07) is 14.3. The number of anilines is 1. The van der Waals surface area contributed by atoms with E-state index in [-0.39, 0.29) is 11.8 Å². The van der Waals surface area contributed by atoms with Crippen LogP contribution in [0.3, 0.4) is 0 Å². The Hall–Kier alpha value is -3.02. The SMILES string of the molecule is CCNC(=NCC1CC(=O)Nc2ccccc21)NCCc1ccc(C)c(OC)c1. The van der Waals surface area contributed by atoms with Crippen molar-refractivity contribution in [3.05, 3.63) is 59.2 Å². The number of ether oxygens (including phenoxy) is 1. The number of rotatable bonds is 7. The minimum atomic E-state index is 0.0511. The van der Waals surface area contributed by atoms with Crippen LogP contribution in [-0.2, 0) is 11.2 Å². The van der Waals surface area contributed by atoms with Crippen LogP contribution in [-0.4, -0.2) is 38.6 Å². The number of fused-ring (bicyclic) bond motifs is 1. The van der Waals surface area contributed by atoms with E-state index in [0.29, 0.717) is 13.0 Å². The van der Waals surface area contributed by atoms with Gasteiger partial charge >= 0.3 is 0 Å². The maximum Gasteiger partial charge on any atom is 0.225 e. The minimum absolute atomic E-state index is 0.0511. The van der Waals surface area contributed by atoms with Gasteiger partial charge in [0.15, 0.2) is 5.96 Å². The highest BCUT2D eigenvalue weighted by molar-refractivity contribution is 5.94. The predicted molar refractivity (Wildman–Crippen MR) is 118 cm³/mol. The number of aryl methyl sites for hydroxylation is 1. The van der Waals surface area contributed by atoms with E-state index in [9.17, 15) is 4.79 Å². The molecule has 1 heterocycles. The van der Waals surface area contributed by atoms with E-state index in [0.717, 1.165) is 48.0 Å². The van der Waals surface area contributed by atoms with Gasteiger partial charge in [-0.1, -0.05) is 30.3 Å². The number of nitrogens with zero attached hydrogens (tertiary/aromatic N) is 1. The van der Waals surface area contributed by atoms with E-state index in [1.165, 1.54) is 5.56 Å². The molecule has 6 nitrogen and oxygen atoms in total. The first kappa shape index (κ1) is 20.7. The number of carbonyl (C=O) groups is 1. The van der Waals surface area contributed by atoms with E-state index in [1.807, 2.05) is 32.0 Å². The zero-order chi connectivity index (χ0) is 20.6. The van der Waals surface area contributed by atoms with Crippen LogP contribution < -0.4 is 20.7 Å². The van der Waals surface area contributed by atoms with E-state index >= 15 is 0 Å². The standard InChI is InChI=1S/C23H30N4O2/c1-4-24-23(25-12-11-17-10-9-16(2)21(13-17)29-3)26-15-18-14-22(28)27-20-8-6-5-7-19(18)20/h5-10,13,18H,4,11-12,14-15H2,1-3H3,(H,27,28)(H2,24,25,26). The van der Waals surface area contributed by atoms with E-state index in [1.54, 1.807) is 7.11 Å². The highest BCUT2D eigenvalue weighted by Crippen LogP contribution is 2.31. The van der Waals surface area contributed by atoms with Gasteiger partial charge in [-0.2, -0.15) is 0 Å². The lowest BCUT2D eigenvalue weighted by Gasteiger charge is -2.24. The molecule has 154 valence electrons. The number of hydrogen-bond donors (Lipinski definition) is 3. The Morgan fingerprint density at radius 1 is 1.24 bits per heavy atom. The molecule has 3 N–H and O–H groups in total. The molecule has 0 aliphatic carbocycles. The third-order valence-electron chi connectivity index (χ3n) is 5.10. The molecule has 3 rings (SSSR count). The number of benzene rings is 2. The van der Waals surface area contributed by atoms with E-state index in [4.69, 9.17) is 9.73 Å². The number of hydrogen-bond acceptors (Lipinski definition) is 3. The fraction of sp³-hybridized carbons (Fsp3) is 0.391. The van der Waals surface area contributed by atoms with Crippen LogP contribution in [0.25, 0.3) is 0 Å². The van der Waals surface area contributed by atoms with Crippen molar-refractivity contribution >= 4 is 17.6 Å². The number of nitrogens with one attached hydrogen (secondary N) is 3. The lowest BCUT2D eigenvalue weighted by Crippen LogP contribution is -2.38. The Morgan fingerprint density at radius 3 is 2.86 bits per heavy atom. The van der Waals surface area contributed by atoms with Gasteiger partial charge in [0.2, 0.25) is 5.91 Å². The van der Waals surface area contributed by atoms with Crippen LogP contribution in [0.2, 0.25) is 0 Å². The van der Waals surface area contributed by atoms with Crippen LogP contribution in [0.15, 0.2) is 47.5 Å². The van der Waals surface area contributed by atoms with Gasteiger partial charge in [0.25, 0.3) is 0 Å². The second-order valence-electron chi connectivity index (χ2n) is 7.24. The summed E-state index contributed by atoms with van der Waals surface area (Å²) in [6.07, 6.45) is 1.33. The minimum Gasteiger partial charge on any atom is -0.496 e. The van der Waals surface area contributed by atoms with Crippen molar-refractivity contribution in [2.75, 3.05) is 32.1 Å². The predicted octanol–water partition coefficient (Wildman–Crippen LogP) is 3.23. The van der Waals surface area contributed by atoms with Crippen molar-refractivity contribution < 1.29 is 9.53 Å². The fourth-order valence-corrected chi connectivity index (χ4v) is 3.55. The average Bonchev–Trinajstić information content (AvgIpc) is 2.72. The molecule has 2 aromatic carbocycles. The Labute approximate surface area is 172 Å². The zero-order valence-electron chi connectivity index (χ0n) is 17.4. The van der Waals surface area contributed by atoms with Crippen molar-refractivity contribution in [2.45, 2.75) is 32.6 Å². The van der Waals surface area contributed by atoms with Crippen LogP contribution in [0.1, 0.15) is 36.0 Å². The molecule has 1 unspecified atom stereocenters. The monoisotopic (exact) mass is 394 g/mol. The highest BCUT2D eigenvalue weighted by atomic mass is 16.5. The second-order valence-corrected chi connectivity index (χ2v) is 7.24. The highest BCUT2D eigenvalue weighted by Gasteiger charge is 2.24. The first-order valence-corrected chi connectivity index (χ1v) is 10.1. The van der Waals surface area contributed by atoms with Crippen LogP contribution >= 0.6 is 0 Å². The molecular weight excluding hydrogens is 364 g/mol. The largest absolute Gasteiger partial charge is 0.496 e. The number of aliphatic imine (C=N–C) groups is 1. The van der Waals surface area contributed by atoms with Crippen molar-refractivity contribution in [3.8, 4) is 5.75 Å². The van der Waals surface area contributed by atoms with Gasteiger partial charge in [-0.05, 0) is 49.1 Å². The number of amides is 1. The number of para-hydroxylation sites is 1. The summed E-state index contributed by atoms with van der Waals surface area (Å²) in [4.78, 5) is 16.7. The lowest BCUT2D eigenvalue weighted by atomic mass is 9.91. The molecule has 1 amide bonds. The van der Waals surface area contributed by atoms with Crippen LogP contribution in [0.4, 0.5) is 5.69 Å². The number of methoxy groups -OCH3 is 1. The Balaban J connectivity index is 1.61. The molecule has 6 heteroatoms. The number of guanidine groups is 1. The maximum absolute atomic E-state index is 12.0. The topological polar surface area (TPSA) is 74.8 Å². The second kappa shape index (κ2) is 9.96. The van der Waals surface area contributed by atoms with Gasteiger partial charge in [-0.3, -0.25) is 9.79 Å². The van der Waals surface area contributed by atoms with Crippen LogP contribution in [0, 0.1) is 6.92 Å². The normalized spacial score (nSPS) is 16.0. The zero-order valence-corrected chi connectivity index (χ0v) is 17.4. The molecule has 1 aliphatic heterocycles. The van der Waals surface area contributed by atoms with E-state index < -0.39 is 0 Å². The van der Waals surface area contributed by atoms with Crippen molar-refractivity contribution in [2.24, 2.45) is 4.99 Å². The molecule has 0 saturated carbocycles. The summed E-state index contributed by atoms with van der Waals surface area (Å²) in [5.74, 6) is 1.83. The maximum atomic E-state index is 12.0. The molecule has 0 fully saturated rings. The van der Waals surface area contributed by atoms with Crippen molar-refractivity contribution in [3.63, 3.8) is 0 Å². The van der Waals surface area contributed by atoms with E-state index in [2.05, 4.69) is 40.2 Å². The molecule has 0 radical (unpaired) electrons. The summed E-state index contributed by atoms with van der Waals surface area (Å²) >= 11 is 0. The molecule has 29 heavy (non-hydrogen) atoms. The van der Waals surface area contributed by atoms with Crippen molar-refractivity contribution in [1.29, 1.82) is 0 Å². The van der Waals surface area contributed by atoms with Gasteiger partial charge in [0.1, 0.15) is 5.75 Å². The summed E-state index contributed by atoms with van der Waals surface area (Å²) < 4.78 is 5.41. The molecule has 2 aromatic rings. The van der Waals surface area contributed by atoms with Gasteiger partial charge < -0.3 is 20.7 Å². The van der Waals surface area contributed by atoms with Gasteiger partial charge in [0.05, 0.1) is 13.7 Å². The Bertz CT molecular complexity index is 879. The molecule has 1 atom stereocenters. The summed E-state index contributed by atoms with van der Waals surface area (Å²) in [7, 11) is 1.70. The molecular formula is C23H30N4O2. The Morgan fingerprint density at radius 2 is 2.07 bits per heavy atom. The molecule has 1 aliphatic rings. The van der Waals surface area contributed by atoms with Crippen molar-refractivity contribution in [1.82, 2.24) is 10.6 Å². The summed E-state index contributed by atoms with van der Waals surface area (Å²) in [5.41, 5.74) is 4.40. The number of carbonyl (C=O) groups excluding carboxylic acids is 1. The average molecular weight is 395 g/mol. The quantitative estimate of drug-likeness (QED) is 0.498. The van der Waals surface area contributed by atoms with Gasteiger partial charge in [0, 0.05) is 31.1 Å². The third-order valence-corrected chi connectivity index (χ3v) is 5.10. The Kier molecular flexibility index (Phi) is 7.11. The smallest absolute Gasteiger partial charge is 0.225 e. The van der Waals surface area contributed by atoms with Gasteiger partial charge in [-0.15, -0.1) is 0 Å².